The van der Waals surface area contributed by atoms with E-state index in [1.807, 2.05) is 12.1 Å². The van der Waals surface area contributed by atoms with Crippen LogP contribution < -0.4 is 9.05 Å². The lowest BCUT2D eigenvalue weighted by molar-refractivity contribution is 0.0660. The summed E-state index contributed by atoms with van der Waals surface area (Å²) in [6.45, 7) is 8.21. The molecule has 0 N–H and O–H groups in total. The van der Waals surface area contributed by atoms with Gasteiger partial charge in [-0.1, -0.05) is 95.7 Å². The first-order chi connectivity index (χ1) is 17.5. The van der Waals surface area contributed by atoms with Gasteiger partial charge in [0.2, 0.25) is 0 Å². The van der Waals surface area contributed by atoms with Gasteiger partial charge in [-0.2, -0.15) is 0 Å². The second-order valence-electron chi connectivity index (χ2n) is 9.04. The highest BCUT2D eigenvalue weighted by Gasteiger charge is 2.33. The highest BCUT2D eigenvalue weighted by molar-refractivity contribution is 7.49. The number of rotatable bonds is 21. The first-order valence-electron chi connectivity index (χ1n) is 13.5. The van der Waals surface area contributed by atoms with Crippen molar-refractivity contribution in [2.45, 2.75) is 77.4 Å². The summed E-state index contributed by atoms with van der Waals surface area (Å²) in [6, 6.07) is 21.5. The Labute approximate surface area is 219 Å². The number of hydrogen-bond donors (Lipinski definition) is 0. The van der Waals surface area contributed by atoms with Crippen molar-refractivity contribution in [1.29, 1.82) is 0 Å². The number of hydrogen-bond acceptors (Lipinski definition) is 6. The highest BCUT2D eigenvalue weighted by atomic mass is 31.2. The van der Waals surface area contributed by atoms with Gasteiger partial charge >= 0.3 is 7.82 Å². The largest absolute Gasteiger partial charge is 0.587 e. The Morgan fingerprint density at radius 3 is 1.53 bits per heavy atom. The van der Waals surface area contributed by atoms with Crippen molar-refractivity contribution in [3.8, 4) is 11.5 Å². The summed E-state index contributed by atoms with van der Waals surface area (Å²) in [4.78, 5) is 0. The van der Waals surface area contributed by atoms with E-state index >= 15 is 0 Å². The Balaban J connectivity index is 1.84. The van der Waals surface area contributed by atoms with Crippen LogP contribution in [0.4, 0.5) is 0 Å². The van der Waals surface area contributed by atoms with Gasteiger partial charge in [0.05, 0.1) is 26.4 Å². The molecule has 6 nitrogen and oxygen atoms in total. The van der Waals surface area contributed by atoms with Gasteiger partial charge in [-0.3, -0.25) is 4.52 Å². The standard InChI is InChI=1S/C28H45O6PSi/c1-4-7-24-36(25-8-5-2,26-9-6-3)32-23-21-30-20-22-31-35(29,33-27-16-12-10-13-17-27)34-28-18-14-11-15-19-28/h10-19H,4-9,20-26H2,1-3H3. The molecule has 0 bridgehead atoms. The lowest BCUT2D eigenvalue weighted by atomic mass is 10.3. The van der Waals surface area contributed by atoms with E-state index in [4.69, 9.17) is 22.7 Å². The number of phosphoric ester groups is 1. The van der Waals surface area contributed by atoms with Gasteiger partial charge in [0.25, 0.3) is 0 Å². The van der Waals surface area contributed by atoms with Crippen molar-refractivity contribution in [3.05, 3.63) is 60.7 Å². The Kier molecular flexibility index (Phi) is 15.1. The first-order valence-corrected chi connectivity index (χ1v) is 17.5. The molecule has 2 aromatic carbocycles. The Hall–Kier alpha value is -1.63. The molecule has 202 valence electrons. The maximum Gasteiger partial charge on any atom is 0.587 e. The zero-order valence-electron chi connectivity index (χ0n) is 22.4. The average molecular weight is 537 g/mol. The van der Waals surface area contributed by atoms with Crippen LogP contribution in [-0.4, -0.2) is 34.7 Å². The van der Waals surface area contributed by atoms with Crippen LogP contribution in [0, 0.1) is 0 Å². The Morgan fingerprint density at radius 2 is 1.08 bits per heavy atom. The molecular formula is C28H45O6PSi. The third-order valence-electron chi connectivity index (χ3n) is 5.99. The third kappa shape index (κ3) is 12.1. The van der Waals surface area contributed by atoms with Gasteiger partial charge < -0.3 is 18.2 Å². The molecule has 0 aromatic heterocycles. The highest BCUT2D eigenvalue weighted by Crippen LogP contribution is 2.49. The maximum absolute atomic E-state index is 13.3. The molecular weight excluding hydrogens is 491 g/mol. The number of unbranched alkanes of at least 4 members (excludes halogenated alkanes) is 3. The van der Waals surface area contributed by atoms with Crippen LogP contribution in [0.2, 0.25) is 18.1 Å². The minimum absolute atomic E-state index is 0.0843. The topological polar surface area (TPSA) is 63.2 Å². The second kappa shape index (κ2) is 17.8. The van der Waals surface area contributed by atoms with Crippen molar-refractivity contribution in [2.75, 3.05) is 26.4 Å². The van der Waals surface area contributed by atoms with Crippen LogP contribution in [0.5, 0.6) is 11.5 Å². The zero-order valence-corrected chi connectivity index (χ0v) is 24.3. The van der Waals surface area contributed by atoms with Crippen LogP contribution >= 0.6 is 7.82 Å². The van der Waals surface area contributed by atoms with Crippen LogP contribution in [-0.2, 0) is 18.3 Å². The molecule has 0 aliphatic heterocycles. The lowest BCUT2D eigenvalue weighted by Crippen LogP contribution is -2.39. The SMILES string of the molecule is CCCC[Si](CCCC)(CCCC)OCCOCCOP(=O)(Oc1ccccc1)Oc1ccccc1. The molecule has 0 fully saturated rings. The lowest BCUT2D eigenvalue weighted by Gasteiger charge is -2.32. The summed E-state index contributed by atoms with van der Waals surface area (Å²) >= 11 is 0. The molecule has 0 saturated carbocycles. The predicted molar refractivity (Wildman–Crippen MR) is 149 cm³/mol. The molecule has 0 aliphatic rings. The van der Waals surface area contributed by atoms with E-state index in [-0.39, 0.29) is 13.2 Å². The van der Waals surface area contributed by atoms with Crippen LogP contribution in [0.15, 0.2) is 60.7 Å². The average Bonchev–Trinajstić information content (AvgIpc) is 2.89. The van der Waals surface area contributed by atoms with E-state index in [9.17, 15) is 4.57 Å². The number of phosphoric acid groups is 1. The van der Waals surface area contributed by atoms with Gasteiger partial charge in [0, 0.05) is 0 Å². The molecule has 0 saturated heterocycles. The molecule has 2 aromatic rings. The number of benzene rings is 2. The van der Waals surface area contributed by atoms with Gasteiger partial charge in [0.1, 0.15) is 11.5 Å². The molecule has 0 amide bonds. The summed E-state index contributed by atoms with van der Waals surface area (Å²) < 4.78 is 42.6. The van der Waals surface area contributed by atoms with Crippen LogP contribution in [0.3, 0.4) is 0 Å². The summed E-state index contributed by atoms with van der Waals surface area (Å²) in [5.41, 5.74) is 0. The molecule has 0 atom stereocenters. The number of ether oxygens (including phenoxy) is 1. The molecule has 0 unspecified atom stereocenters. The normalized spacial score (nSPS) is 12.0. The maximum atomic E-state index is 13.3. The van der Waals surface area contributed by atoms with E-state index in [2.05, 4.69) is 20.8 Å². The van der Waals surface area contributed by atoms with E-state index < -0.39 is 16.1 Å². The zero-order chi connectivity index (χ0) is 26.0. The molecule has 0 heterocycles. The minimum atomic E-state index is -3.89. The van der Waals surface area contributed by atoms with E-state index in [0.717, 1.165) is 0 Å². The van der Waals surface area contributed by atoms with Gasteiger partial charge in [-0.25, -0.2) is 4.57 Å². The predicted octanol–water partition coefficient (Wildman–Crippen LogP) is 8.65. The summed E-state index contributed by atoms with van der Waals surface area (Å²) in [7, 11) is -5.63. The van der Waals surface area contributed by atoms with Crippen molar-refractivity contribution >= 4 is 16.1 Å². The molecule has 8 heteroatoms. The minimum Gasteiger partial charge on any atom is -0.414 e. The van der Waals surface area contributed by atoms with Gasteiger partial charge in [-0.05, 0) is 42.4 Å². The smallest absolute Gasteiger partial charge is 0.414 e. The van der Waals surface area contributed by atoms with Crippen molar-refractivity contribution in [1.82, 2.24) is 0 Å². The van der Waals surface area contributed by atoms with Crippen molar-refractivity contribution in [3.63, 3.8) is 0 Å². The summed E-state index contributed by atoms with van der Waals surface area (Å²) in [5, 5.41) is 0. The third-order valence-corrected chi connectivity index (χ3v) is 12.0. The fourth-order valence-electron chi connectivity index (χ4n) is 4.01. The quantitative estimate of drug-likeness (QED) is 0.0904. The fourth-order valence-corrected chi connectivity index (χ4v) is 9.90. The molecule has 2 rings (SSSR count). The van der Waals surface area contributed by atoms with E-state index in [1.54, 1.807) is 48.5 Å². The van der Waals surface area contributed by atoms with Crippen molar-refractivity contribution in [2.24, 2.45) is 0 Å². The summed E-state index contributed by atoms with van der Waals surface area (Å²) in [5.74, 6) is 0.831. The second-order valence-corrected chi connectivity index (χ2v) is 14.7. The Morgan fingerprint density at radius 1 is 0.639 bits per heavy atom. The van der Waals surface area contributed by atoms with Gasteiger partial charge in [0.15, 0.2) is 8.32 Å². The van der Waals surface area contributed by atoms with Gasteiger partial charge in [-0.15, -0.1) is 0 Å². The molecule has 0 spiro atoms. The first kappa shape index (κ1) is 30.6. The van der Waals surface area contributed by atoms with E-state index in [0.29, 0.717) is 24.7 Å². The Bertz CT molecular complexity index is 784. The molecule has 36 heavy (non-hydrogen) atoms. The van der Waals surface area contributed by atoms with Crippen molar-refractivity contribution < 1.29 is 27.3 Å². The van der Waals surface area contributed by atoms with Crippen LogP contribution in [0.1, 0.15) is 59.3 Å². The summed E-state index contributed by atoms with van der Waals surface area (Å²) in [6.07, 6.45) is 7.35. The monoisotopic (exact) mass is 536 g/mol. The number of para-hydroxylation sites is 2. The fraction of sp³-hybridized carbons (Fsp3) is 0.571. The van der Waals surface area contributed by atoms with Crippen LogP contribution in [0.25, 0.3) is 0 Å². The van der Waals surface area contributed by atoms with E-state index in [1.165, 1.54) is 56.7 Å². The molecule has 0 aliphatic carbocycles. The molecule has 0 radical (unpaired) electrons.